The molecule has 1 heterocycles. The van der Waals surface area contributed by atoms with Gasteiger partial charge in [-0.2, -0.15) is 17.4 Å². The third kappa shape index (κ3) is 2.52. The highest BCUT2D eigenvalue weighted by Gasteiger charge is 2.73. The fourth-order valence-electron chi connectivity index (χ4n) is 1.49. The zero-order valence-corrected chi connectivity index (χ0v) is 12.8. The van der Waals surface area contributed by atoms with E-state index in [1.807, 2.05) is 0 Å². The average Bonchev–Trinajstić information content (AvgIpc) is 2.45. The molecule has 1 aromatic carbocycles. The molecule has 0 radical (unpaired) electrons. The Bertz CT molecular complexity index is 537. The number of benzene rings is 1. The lowest BCUT2D eigenvalue weighted by molar-refractivity contribution is 0.116. The first-order chi connectivity index (χ1) is 9.36. The van der Waals surface area contributed by atoms with Gasteiger partial charge in [0.2, 0.25) is 0 Å². The van der Waals surface area contributed by atoms with Gasteiger partial charge in [-0.15, -0.1) is 0 Å². The van der Waals surface area contributed by atoms with Gasteiger partial charge in [-0.25, -0.2) is 0 Å². The summed E-state index contributed by atoms with van der Waals surface area (Å²) in [6, 6.07) is 6.51. The molecule has 0 saturated carbocycles. The van der Waals surface area contributed by atoms with Crippen molar-refractivity contribution in [1.82, 2.24) is 9.33 Å². The topological polar surface area (TPSA) is 28.1 Å². The Balaban J connectivity index is 2.56. The summed E-state index contributed by atoms with van der Waals surface area (Å²) in [5.41, 5.74) is 0. The second-order valence-corrected chi connectivity index (χ2v) is 9.57. The van der Waals surface area contributed by atoms with E-state index >= 15 is 0 Å². The first kappa shape index (κ1) is 16.2. The van der Waals surface area contributed by atoms with Crippen LogP contribution in [0.2, 0.25) is 0 Å². The van der Waals surface area contributed by atoms with E-state index in [4.69, 9.17) is 0 Å². The lowest BCUT2D eigenvalue weighted by Crippen LogP contribution is -2.26. The van der Waals surface area contributed by atoms with E-state index in [0.29, 0.717) is 0 Å². The van der Waals surface area contributed by atoms with Gasteiger partial charge in [-0.3, -0.25) is 0 Å². The summed E-state index contributed by atoms with van der Waals surface area (Å²) >= 11 is 0. The Hall–Kier alpha value is -0.160. The first-order valence-corrected chi connectivity index (χ1v) is 9.58. The quantitative estimate of drug-likeness (QED) is 0.404. The zero-order chi connectivity index (χ0) is 15.0. The van der Waals surface area contributed by atoms with E-state index < -0.39 is 40.1 Å². The summed E-state index contributed by atoms with van der Waals surface area (Å²) in [6.45, 7) is 0.819. The van der Waals surface area contributed by atoms with Crippen molar-refractivity contribution in [2.75, 3.05) is 6.61 Å². The minimum Gasteiger partial charge on any atom is -0.180 e. The molecule has 0 saturated heterocycles. The Labute approximate surface area is 114 Å². The standard InChI is InChI=1S/C8H10F5N3OP3/c1-2-17-20(13)15(9)18(11)14-19(12,16(20)10)8-6-4-3-5-7-8/h3-7H,2H2,1H3/q+1. The van der Waals surface area contributed by atoms with Crippen LogP contribution in [0.1, 0.15) is 6.92 Å². The monoisotopic (exact) mass is 352 g/mol. The maximum absolute atomic E-state index is 14.7. The molecular weight excluding hydrogens is 342 g/mol. The lowest BCUT2D eigenvalue weighted by Gasteiger charge is -2.30. The summed E-state index contributed by atoms with van der Waals surface area (Å²) in [4.78, 5) is 0. The van der Waals surface area contributed by atoms with Gasteiger partial charge in [-0.05, 0) is 19.1 Å². The highest BCUT2D eigenvalue weighted by Crippen LogP contribution is 2.88. The largest absolute Gasteiger partial charge is 0.563 e. The summed E-state index contributed by atoms with van der Waals surface area (Å²) in [5, 5.41) is -0.345. The Morgan fingerprint density at radius 2 is 1.95 bits per heavy atom. The van der Waals surface area contributed by atoms with E-state index in [2.05, 4.69) is 9.04 Å². The van der Waals surface area contributed by atoms with Crippen molar-refractivity contribution in [2.24, 2.45) is 4.52 Å². The number of hydrogen-bond donors (Lipinski definition) is 0. The molecule has 3 atom stereocenters. The predicted octanol–water partition coefficient (Wildman–Crippen LogP) is 5.58. The SMILES string of the molecule is CCO[P+]1(F)N(F)P(F)N=P(F)(c2ccccc2)N1F. The van der Waals surface area contributed by atoms with Crippen LogP contribution < -0.4 is 5.30 Å². The molecular formula is C8H10F5N3OP3+. The highest BCUT2D eigenvalue weighted by molar-refractivity contribution is 7.87. The van der Waals surface area contributed by atoms with E-state index in [1.165, 1.54) is 25.1 Å². The fraction of sp³-hybridized carbons (Fsp3) is 0.250. The van der Waals surface area contributed by atoms with Gasteiger partial charge in [0.25, 0.3) is 0 Å². The van der Waals surface area contributed by atoms with Gasteiger partial charge in [0, 0.05) is 9.50 Å². The molecule has 12 heteroatoms. The molecule has 1 aliphatic heterocycles. The van der Waals surface area contributed by atoms with Crippen LogP contribution in [-0.4, -0.2) is 15.9 Å². The maximum atomic E-state index is 14.7. The normalized spacial score (nSPS) is 35.8. The van der Waals surface area contributed by atoms with E-state index in [9.17, 15) is 21.6 Å². The Morgan fingerprint density at radius 1 is 1.35 bits per heavy atom. The zero-order valence-electron chi connectivity index (χ0n) is 10.1. The minimum absolute atomic E-state index is 0.345. The summed E-state index contributed by atoms with van der Waals surface area (Å²) in [6.07, 6.45) is 0. The molecule has 0 amide bonds. The minimum atomic E-state index is -5.32. The molecule has 0 aromatic heterocycles. The van der Waals surface area contributed by atoms with Gasteiger partial charge in [0.05, 0.1) is 6.61 Å². The van der Waals surface area contributed by atoms with Crippen molar-refractivity contribution in [2.45, 2.75) is 6.92 Å². The Kier molecular flexibility index (Phi) is 4.80. The molecule has 0 N–H and O–H groups in total. The molecule has 0 spiro atoms. The van der Waals surface area contributed by atoms with Gasteiger partial charge >= 0.3 is 24.2 Å². The van der Waals surface area contributed by atoms with Crippen LogP contribution in [0.4, 0.5) is 21.6 Å². The highest BCUT2D eigenvalue weighted by atomic mass is 31.3. The third-order valence-corrected chi connectivity index (χ3v) is 9.41. The molecule has 2 rings (SSSR count). The molecule has 20 heavy (non-hydrogen) atoms. The number of rotatable bonds is 3. The Morgan fingerprint density at radius 3 is 2.50 bits per heavy atom. The van der Waals surface area contributed by atoms with E-state index in [0.717, 1.165) is 12.1 Å². The van der Waals surface area contributed by atoms with Crippen molar-refractivity contribution >= 4 is 29.5 Å². The number of nitrogens with zero attached hydrogens (tertiary/aromatic N) is 3. The summed E-state index contributed by atoms with van der Waals surface area (Å²) in [7, 11) is -13.8. The van der Waals surface area contributed by atoms with E-state index in [1.54, 1.807) is 0 Å². The van der Waals surface area contributed by atoms with Gasteiger partial charge in [0.1, 0.15) is 9.33 Å². The smallest absolute Gasteiger partial charge is 0.180 e. The fourth-order valence-corrected chi connectivity index (χ4v) is 8.36. The van der Waals surface area contributed by atoms with Gasteiger partial charge in [0.15, 0.2) is 0 Å². The number of halogens is 5. The van der Waals surface area contributed by atoms with Crippen molar-refractivity contribution in [1.29, 1.82) is 0 Å². The molecule has 4 nitrogen and oxygen atoms in total. The predicted molar refractivity (Wildman–Crippen MR) is 70.1 cm³/mol. The second kappa shape index (κ2) is 5.91. The molecule has 1 aromatic rings. The number of hydrogen-bond acceptors (Lipinski definition) is 4. The van der Waals surface area contributed by atoms with Crippen LogP contribution in [0.25, 0.3) is 0 Å². The average molecular weight is 352 g/mol. The van der Waals surface area contributed by atoms with Crippen LogP contribution in [0.15, 0.2) is 34.8 Å². The van der Waals surface area contributed by atoms with Crippen molar-refractivity contribution in [3.8, 4) is 0 Å². The van der Waals surface area contributed by atoms with Crippen LogP contribution in [0, 0.1) is 0 Å². The van der Waals surface area contributed by atoms with Crippen molar-refractivity contribution in [3.63, 3.8) is 0 Å². The van der Waals surface area contributed by atoms with Crippen LogP contribution >= 0.6 is 24.2 Å². The summed E-state index contributed by atoms with van der Waals surface area (Å²) < 4.78 is 75.2. The van der Waals surface area contributed by atoms with Crippen LogP contribution in [0.3, 0.4) is 0 Å². The molecule has 1 aliphatic rings. The van der Waals surface area contributed by atoms with E-state index in [-0.39, 0.29) is 5.30 Å². The molecule has 112 valence electrons. The molecule has 0 aliphatic carbocycles. The van der Waals surface area contributed by atoms with Gasteiger partial charge < -0.3 is 0 Å². The third-order valence-electron chi connectivity index (χ3n) is 2.33. The van der Waals surface area contributed by atoms with Crippen molar-refractivity contribution < 1.29 is 26.1 Å². The lowest BCUT2D eigenvalue weighted by atomic mass is 10.4. The van der Waals surface area contributed by atoms with Crippen molar-refractivity contribution in [3.05, 3.63) is 30.3 Å². The molecule has 0 bridgehead atoms. The molecule has 0 fully saturated rings. The molecule has 3 unspecified atom stereocenters. The summed E-state index contributed by atoms with van der Waals surface area (Å²) in [5.74, 6) is 0. The first-order valence-electron chi connectivity index (χ1n) is 5.36. The maximum Gasteiger partial charge on any atom is 0.563 e. The van der Waals surface area contributed by atoms with Crippen LogP contribution in [-0.2, 0) is 4.52 Å². The second-order valence-electron chi connectivity index (χ2n) is 3.56. The van der Waals surface area contributed by atoms with Crippen LogP contribution in [0.5, 0.6) is 0 Å². The van der Waals surface area contributed by atoms with Gasteiger partial charge in [-0.1, -0.05) is 27.2 Å².